The molecule has 16 nitrogen and oxygen atoms in total. The predicted molar refractivity (Wildman–Crippen MR) is 174 cm³/mol. The maximum absolute atomic E-state index is 14.3. The number of aryl methyl sites for hydroxylation is 1. The van der Waals surface area contributed by atoms with Crippen LogP contribution in [0.2, 0.25) is 0 Å². The Bertz CT molecular complexity index is 1670. The largest absolute Gasteiger partial charge is 0.511 e. The summed E-state index contributed by atoms with van der Waals surface area (Å²) in [7, 11) is 0. The van der Waals surface area contributed by atoms with Crippen LogP contribution < -0.4 is 21.3 Å². The molecular weight excluding hydrogens is 708 g/mol. The first-order chi connectivity index (χ1) is 24.3. The van der Waals surface area contributed by atoms with Gasteiger partial charge in [-0.2, -0.15) is 17.6 Å². The lowest BCUT2D eigenvalue weighted by atomic mass is 10.2. The fraction of sp³-hybridized carbons (Fsp3) is 0.312. The molecule has 0 aliphatic heterocycles. The quantitative estimate of drug-likeness (QED) is 0.0360. The van der Waals surface area contributed by atoms with Crippen LogP contribution in [-0.2, 0) is 38.0 Å². The van der Waals surface area contributed by atoms with E-state index in [1.54, 1.807) is 12.2 Å². The third-order valence-corrected chi connectivity index (χ3v) is 6.04. The van der Waals surface area contributed by atoms with Crippen LogP contribution in [-0.4, -0.2) is 75.0 Å². The molecule has 2 aromatic carbocycles. The van der Waals surface area contributed by atoms with Crippen molar-refractivity contribution in [2.24, 2.45) is 5.92 Å². The zero-order valence-corrected chi connectivity index (χ0v) is 27.8. The third kappa shape index (κ3) is 13.9. The minimum absolute atomic E-state index is 0.0296. The minimum Gasteiger partial charge on any atom is -0.462 e. The third-order valence-electron chi connectivity index (χ3n) is 6.04. The number of alkyl halides is 4. The topological polar surface area (TPSA) is 206 Å². The second kappa shape index (κ2) is 19.2. The minimum atomic E-state index is -5.69. The number of hydrogen-bond acceptors (Lipinski definition) is 12. The number of amides is 4. The summed E-state index contributed by atoms with van der Waals surface area (Å²) < 4.78 is 83.7. The summed E-state index contributed by atoms with van der Waals surface area (Å²) in [5.74, 6) is -1.86. The van der Waals surface area contributed by atoms with Crippen LogP contribution >= 0.6 is 0 Å². The number of esters is 2. The van der Waals surface area contributed by atoms with Gasteiger partial charge in [-0.25, -0.2) is 24.0 Å². The number of nitrogens with one attached hydrogen (secondary N) is 4. The van der Waals surface area contributed by atoms with Crippen molar-refractivity contribution in [3.8, 4) is 0 Å². The zero-order valence-electron chi connectivity index (χ0n) is 27.8. The van der Waals surface area contributed by atoms with E-state index in [2.05, 4.69) is 33.3 Å². The smallest absolute Gasteiger partial charge is 0.462 e. The number of ether oxygens (including phenoxy) is 6. The highest BCUT2D eigenvalue weighted by molar-refractivity contribution is 5.91. The summed E-state index contributed by atoms with van der Waals surface area (Å²) in [5.41, 5.74) is -0.271. The molecule has 0 saturated carbocycles. The molecule has 0 radical (unpaired) electrons. The van der Waals surface area contributed by atoms with Crippen LogP contribution in [0.5, 0.6) is 0 Å². The number of benzene rings is 2. The summed E-state index contributed by atoms with van der Waals surface area (Å²) in [4.78, 5) is 71.1. The molecule has 0 aliphatic carbocycles. The Morgan fingerprint density at radius 2 is 1.17 bits per heavy atom. The van der Waals surface area contributed by atoms with Crippen molar-refractivity contribution >= 4 is 59.1 Å². The molecule has 282 valence electrons. The highest BCUT2D eigenvalue weighted by atomic mass is 19.3. The molecule has 2 rings (SSSR count). The first kappa shape index (κ1) is 41.8. The average Bonchev–Trinajstić information content (AvgIpc) is 3.05. The lowest BCUT2D eigenvalue weighted by Crippen LogP contribution is -2.48. The van der Waals surface area contributed by atoms with Crippen LogP contribution in [0.3, 0.4) is 0 Å². The van der Waals surface area contributed by atoms with Crippen LogP contribution in [0, 0.1) is 12.8 Å². The highest BCUT2D eigenvalue weighted by Crippen LogP contribution is 2.37. The Kier molecular flexibility index (Phi) is 15.4. The lowest BCUT2D eigenvalue weighted by molar-refractivity contribution is -0.394. The molecule has 4 N–H and O–H groups in total. The fourth-order valence-corrected chi connectivity index (χ4v) is 3.34. The monoisotopic (exact) mass is 742 g/mol. The Hall–Kier alpha value is -6.34. The van der Waals surface area contributed by atoms with E-state index in [-0.39, 0.29) is 60.3 Å². The second-order valence-electron chi connectivity index (χ2n) is 10.3. The molecular formula is C32H34F4N4O12. The Morgan fingerprint density at radius 3 is 1.69 bits per heavy atom. The molecule has 0 heterocycles. The summed E-state index contributed by atoms with van der Waals surface area (Å²) in [6.07, 6.45) is -16.3. The van der Waals surface area contributed by atoms with Gasteiger partial charge in [0.25, 0.3) is 0 Å². The van der Waals surface area contributed by atoms with E-state index >= 15 is 0 Å². The van der Waals surface area contributed by atoms with E-state index in [4.69, 9.17) is 18.9 Å². The van der Waals surface area contributed by atoms with E-state index in [0.29, 0.717) is 0 Å². The average molecular weight is 743 g/mol. The Morgan fingerprint density at radius 1 is 0.712 bits per heavy atom. The van der Waals surface area contributed by atoms with Crippen LogP contribution in [0.1, 0.15) is 19.4 Å². The number of carbonyl (C=O) groups excluding carboxylic acids is 6. The molecule has 0 aliphatic rings. The molecule has 0 spiro atoms. The number of hydrogen-bond donors (Lipinski definition) is 4. The molecule has 52 heavy (non-hydrogen) atoms. The van der Waals surface area contributed by atoms with E-state index in [0.717, 1.165) is 18.2 Å². The first-order valence-electron chi connectivity index (χ1n) is 14.8. The standard InChI is InChI=1S/C32H34F4N4O12/c1-6-19(4)26(42)48-13-15-50-28(44)38-23-11-10-20(5)24(17-23)40-30(46)52-32(35,36)31(33,34)51-29(45)39-22-9-7-8-21(16-22)37-27(43)49-14-12-47-25(41)18(2)3/h6-11,16-17,19H,1-2,12-15H2,3-5H3,(H,37,43)(H,38,44)(H,39,45)(H,40,46). The first-order valence-corrected chi connectivity index (χ1v) is 14.8. The van der Waals surface area contributed by atoms with Gasteiger partial charge in [-0.3, -0.25) is 26.1 Å². The molecule has 2 aromatic rings. The maximum Gasteiger partial charge on any atom is 0.511 e. The maximum atomic E-state index is 14.3. The van der Waals surface area contributed by atoms with Gasteiger partial charge in [-0.05, 0) is 56.7 Å². The van der Waals surface area contributed by atoms with Gasteiger partial charge >= 0.3 is 48.5 Å². The van der Waals surface area contributed by atoms with Crippen molar-refractivity contribution in [3.63, 3.8) is 0 Å². The summed E-state index contributed by atoms with van der Waals surface area (Å²) >= 11 is 0. The van der Waals surface area contributed by atoms with Crippen molar-refractivity contribution in [2.45, 2.75) is 33.0 Å². The summed E-state index contributed by atoms with van der Waals surface area (Å²) in [6.45, 7) is 9.99. The molecule has 4 amide bonds. The van der Waals surface area contributed by atoms with Crippen molar-refractivity contribution in [2.75, 3.05) is 47.7 Å². The number of rotatable bonds is 16. The second-order valence-corrected chi connectivity index (χ2v) is 10.3. The molecule has 20 heteroatoms. The zero-order chi connectivity index (χ0) is 39.1. The van der Waals surface area contributed by atoms with Gasteiger partial charge in [0.05, 0.1) is 5.92 Å². The van der Waals surface area contributed by atoms with E-state index in [1.807, 2.05) is 5.32 Å². The normalized spacial score (nSPS) is 11.4. The number of anilines is 4. The Balaban J connectivity index is 1.90. The molecule has 0 bridgehead atoms. The fourth-order valence-electron chi connectivity index (χ4n) is 3.34. The molecule has 1 unspecified atom stereocenters. The van der Waals surface area contributed by atoms with Gasteiger partial charge in [-0.1, -0.05) is 24.8 Å². The van der Waals surface area contributed by atoms with Crippen LogP contribution in [0.25, 0.3) is 0 Å². The van der Waals surface area contributed by atoms with E-state index in [9.17, 15) is 46.3 Å². The lowest BCUT2D eigenvalue weighted by Gasteiger charge is -2.24. The summed E-state index contributed by atoms with van der Waals surface area (Å²) in [6, 6.07) is 8.40. The molecule has 0 saturated heterocycles. The van der Waals surface area contributed by atoms with E-state index < -0.39 is 54.4 Å². The van der Waals surface area contributed by atoms with Gasteiger partial charge in [0.1, 0.15) is 26.4 Å². The Labute approximate surface area is 293 Å². The number of carbonyl (C=O) groups is 6. The molecule has 0 fully saturated rings. The molecule has 1 atom stereocenters. The van der Waals surface area contributed by atoms with E-state index in [1.165, 1.54) is 44.2 Å². The van der Waals surface area contributed by atoms with Crippen molar-refractivity contribution in [1.82, 2.24) is 0 Å². The van der Waals surface area contributed by atoms with Crippen molar-refractivity contribution < 1.29 is 74.8 Å². The van der Waals surface area contributed by atoms with Crippen molar-refractivity contribution in [1.29, 1.82) is 0 Å². The SMILES string of the molecule is C=CC(C)C(=O)OCCOC(=O)Nc1ccc(C)c(NC(=O)OC(F)(F)C(F)(F)OC(=O)Nc2cccc(NC(=O)OCCOC(=O)C(=C)C)c2)c1. The van der Waals surface area contributed by atoms with Gasteiger partial charge in [0, 0.05) is 28.3 Å². The highest BCUT2D eigenvalue weighted by Gasteiger charge is 2.65. The molecule has 0 aromatic heterocycles. The van der Waals surface area contributed by atoms with Gasteiger partial charge in [0.2, 0.25) is 0 Å². The van der Waals surface area contributed by atoms with Crippen LogP contribution in [0.15, 0.2) is 67.3 Å². The van der Waals surface area contributed by atoms with Gasteiger partial charge in [-0.15, -0.1) is 6.58 Å². The van der Waals surface area contributed by atoms with Gasteiger partial charge in [0.15, 0.2) is 0 Å². The van der Waals surface area contributed by atoms with Crippen molar-refractivity contribution in [3.05, 3.63) is 72.8 Å². The predicted octanol–water partition coefficient (Wildman–Crippen LogP) is 6.56. The van der Waals surface area contributed by atoms with Crippen LogP contribution in [0.4, 0.5) is 59.5 Å². The van der Waals surface area contributed by atoms with Gasteiger partial charge < -0.3 is 28.4 Å². The number of halogens is 4. The summed E-state index contributed by atoms with van der Waals surface area (Å²) in [5, 5.41) is 8.05.